The minimum Gasteiger partial charge on any atom is -0.449 e. The van der Waals surface area contributed by atoms with Gasteiger partial charge < -0.3 is 10.1 Å². The zero-order valence-corrected chi connectivity index (χ0v) is 19.1. The van der Waals surface area contributed by atoms with Crippen LogP contribution in [0.1, 0.15) is 23.0 Å². The lowest BCUT2D eigenvalue weighted by Gasteiger charge is -2.14. The molecule has 1 amide bonds. The van der Waals surface area contributed by atoms with E-state index in [1.807, 2.05) is 24.5 Å². The number of anilines is 1. The molecule has 31 heavy (non-hydrogen) atoms. The Morgan fingerprint density at radius 1 is 1.16 bits per heavy atom. The van der Waals surface area contributed by atoms with Crippen molar-refractivity contribution < 1.29 is 14.3 Å². The summed E-state index contributed by atoms with van der Waals surface area (Å²) in [4.78, 5) is 38.9. The van der Waals surface area contributed by atoms with E-state index in [-0.39, 0.29) is 21.8 Å². The van der Waals surface area contributed by atoms with Crippen LogP contribution in [0.25, 0.3) is 5.69 Å². The van der Waals surface area contributed by atoms with Crippen molar-refractivity contribution >= 4 is 40.9 Å². The molecular formula is C22H22ClN3O4S. The molecule has 0 aliphatic carbocycles. The molecule has 0 unspecified atom stereocenters. The van der Waals surface area contributed by atoms with Gasteiger partial charge in [-0.15, -0.1) is 11.8 Å². The number of hydrogen-bond donors (Lipinski definition) is 1. The number of hydrogen-bond acceptors (Lipinski definition) is 5. The summed E-state index contributed by atoms with van der Waals surface area (Å²) in [5.41, 5.74) is 1.16. The number of nitrogens with one attached hydrogen (secondary N) is 1. The van der Waals surface area contributed by atoms with Gasteiger partial charge in [-0.1, -0.05) is 29.8 Å². The summed E-state index contributed by atoms with van der Waals surface area (Å²) in [7, 11) is 1.73. The molecule has 7 nitrogen and oxygen atoms in total. The van der Waals surface area contributed by atoms with Crippen molar-refractivity contribution in [3.63, 3.8) is 0 Å². The molecule has 0 spiro atoms. The van der Waals surface area contributed by atoms with Gasteiger partial charge in [-0.05, 0) is 50.4 Å². The first-order chi connectivity index (χ1) is 14.7. The Morgan fingerprint density at radius 3 is 2.48 bits per heavy atom. The number of thioether (sulfide) groups is 1. The SMILES string of the molecule is CSc1ccc(Cl)c(C(=O)O[C@@H](C)C(=O)Nc2c(C)n(C)n(-c3ccccc3)c2=O)c1. The van der Waals surface area contributed by atoms with Crippen LogP contribution in [0.3, 0.4) is 0 Å². The summed E-state index contributed by atoms with van der Waals surface area (Å²) in [6.07, 6.45) is 0.740. The Kier molecular flexibility index (Phi) is 6.92. The van der Waals surface area contributed by atoms with Crippen molar-refractivity contribution in [2.24, 2.45) is 7.05 Å². The molecular weight excluding hydrogens is 438 g/mol. The molecule has 0 aliphatic rings. The second kappa shape index (κ2) is 9.45. The number of ether oxygens (including phenoxy) is 1. The highest BCUT2D eigenvalue weighted by Crippen LogP contribution is 2.24. The molecule has 0 radical (unpaired) electrons. The van der Waals surface area contributed by atoms with Gasteiger partial charge in [0.2, 0.25) is 0 Å². The number of aromatic nitrogens is 2. The molecule has 1 aromatic heterocycles. The number of nitrogens with zero attached hydrogens (tertiary/aromatic N) is 2. The summed E-state index contributed by atoms with van der Waals surface area (Å²) >= 11 is 7.56. The van der Waals surface area contributed by atoms with Crippen molar-refractivity contribution in [3.05, 3.63) is 75.2 Å². The second-order valence-corrected chi connectivity index (χ2v) is 8.11. The van der Waals surface area contributed by atoms with E-state index in [0.717, 1.165) is 4.90 Å². The molecule has 0 fully saturated rings. The van der Waals surface area contributed by atoms with Gasteiger partial charge in [0.05, 0.1) is 22.0 Å². The highest BCUT2D eigenvalue weighted by Gasteiger charge is 2.24. The Hall–Kier alpha value is -2.97. The van der Waals surface area contributed by atoms with Gasteiger partial charge in [0.25, 0.3) is 11.5 Å². The number of benzene rings is 2. The third kappa shape index (κ3) is 4.70. The highest BCUT2D eigenvalue weighted by molar-refractivity contribution is 7.98. The zero-order valence-electron chi connectivity index (χ0n) is 17.5. The number of amides is 1. The van der Waals surface area contributed by atoms with Crippen molar-refractivity contribution in [2.75, 3.05) is 11.6 Å². The first kappa shape index (κ1) is 22.7. The summed E-state index contributed by atoms with van der Waals surface area (Å²) in [5, 5.41) is 2.83. The van der Waals surface area contributed by atoms with Crippen molar-refractivity contribution in [1.29, 1.82) is 0 Å². The molecule has 3 aromatic rings. The van der Waals surface area contributed by atoms with Crippen LogP contribution in [0.2, 0.25) is 5.02 Å². The van der Waals surface area contributed by atoms with Crippen molar-refractivity contribution in [1.82, 2.24) is 9.36 Å². The monoisotopic (exact) mass is 459 g/mol. The molecule has 9 heteroatoms. The molecule has 0 saturated carbocycles. The third-order valence-corrected chi connectivity index (χ3v) is 5.90. The second-order valence-electron chi connectivity index (χ2n) is 6.82. The van der Waals surface area contributed by atoms with Crippen LogP contribution in [0.4, 0.5) is 5.69 Å². The number of para-hydroxylation sites is 1. The van der Waals surface area contributed by atoms with E-state index in [1.165, 1.54) is 23.4 Å². The van der Waals surface area contributed by atoms with E-state index in [1.54, 1.807) is 49.0 Å². The lowest BCUT2D eigenvalue weighted by Crippen LogP contribution is -2.32. The largest absolute Gasteiger partial charge is 0.449 e. The Morgan fingerprint density at radius 2 is 1.84 bits per heavy atom. The standard InChI is InChI=1S/C22H22ClN3O4S/c1-13-19(21(28)26(25(13)3)15-8-6-5-7-9-15)24-20(27)14(2)30-22(29)17-12-16(31-4)10-11-18(17)23/h5-12,14H,1-4H3,(H,24,27)/t14-/m0/s1. The van der Waals surface area contributed by atoms with Crippen LogP contribution in [-0.2, 0) is 16.6 Å². The number of halogens is 1. The number of carbonyl (C=O) groups is 2. The maximum Gasteiger partial charge on any atom is 0.340 e. The quantitative estimate of drug-likeness (QED) is 0.444. The van der Waals surface area contributed by atoms with Crippen LogP contribution >= 0.6 is 23.4 Å². The van der Waals surface area contributed by atoms with Gasteiger partial charge >= 0.3 is 5.97 Å². The number of rotatable bonds is 6. The Bertz CT molecular complexity index is 1190. The average Bonchev–Trinajstić information content (AvgIpc) is 2.97. The zero-order chi connectivity index (χ0) is 22.7. The lowest BCUT2D eigenvalue weighted by molar-refractivity contribution is -0.123. The first-order valence-corrected chi connectivity index (χ1v) is 11.0. The van der Waals surface area contributed by atoms with Crippen LogP contribution in [0, 0.1) is 6.92 Å². The summed E-state index contributed by atoms with van der Waals surface area (Å²) in [5.74, 6) is -1.33. The molecule has 0 saturated heterocycles. The smallest absolute Gasteiger partial charge is 0.340 e. The average molecular weight is 460 g/mol. The number of esters is 1. The minimum atomic E-state index is -1.13. The van der Waals surface area contributed by atoms with E-state index in [0.29, 0.717) is 11.4 Å². The first-order valence-electron chi connectivity index (χ1n) is 9.44. The molecule has 1 N–H and O–H groups in total. The Balaban J connectivity index is 1.79. The minimum absolute atomic E-state index is 0.127. The van der Waals surface area contributed by atoms with Crippen LogP contribution in [-0.4, -0.2) is 33.6 Å². The van der Waals surface area contributed by atoms with E-state index in [2.05, 4.69) is 5.32 Å². The van der Waals surface area contributed by atoms with E-state index in [4.69, 9.17) is 16.3 Å². The van der Waals surface area contributed by atoms with Gasteiger partial charge in [-0.2, -0.15) is 0 Å². The summed E-state index contributed by atoms with van der Waals surface area (Å²) in [6.45, 7) is 3.16. The number of carbonyl (C=O) groups excluding carboxylic acids is 2. The predicted molar refractivity (Wildman–Crippen MR) is 122 cm³/mol. The van der Waals surface area contributed by atoms with E-state index in [9.17, 15) is 14.4 Å². The van der Waals surface area contributed by atoms with Crippen LogP contribution in [0.5, 0.6) is 0 Å². The fraction of sp³-hybridized carbons (Fsp3) is 0.227. The van der Waals surface area contributed by atoms with E-state index < -0.39 is 18.0 Å². The van der Waals surface area contributed by atoms with Gasteiger partial charge in [-0.3, -0.25) is 14.3 Å². The molecule has 3 rings (SSSR count). The molecule has 1 heterocycles. The molecule has 2 aromatic carbocycles. The van der Waals surface area contributed by atoms with Crippen LogP contribution in [0.15, 0.2) is 58.2 Å². The van der Waals surface area contributed by atoms with E-state index >= 15 is 0 Å². The van der Waals surface area contributed by atoms with Gasteiger partial charge in [0, 0.05) is 11.9 Å². The van der Waals surface area contributed by atoms with Gasteiger partial charge in [0.15, 0.2) is 6.10 Å². The third-order valence-electron chi connectivity index (χ3n) is 4.85. The fourth-order valence-corrected chi connectivity index (χ4v) is 3.64. The van der Waals surface area contributed by atoms with Crippen molar-refractivity contribution in [3.8, 4) is 5.69 Å². The summed E-state index contributed by atoms with van der Waals surface area (Å²) in [6, 6.07) is 14.1. The Labute approximate surface area is 188 Å². The van der Waals surface area contributed by atoms with Gasteiger partial charge in [0.1, 0.15) is 5.69 Å². The molecule has 0 bridgehead atoms. The summed E-state index contributed by atoms with van der Waals surface area (Å²) < 4.78 is 8.40. The maximum absolute atomic E-state index is 12.9. The topological polar surface area (TPSA) is 82.3 Å². The lowest BCUT2D eigenvalue weighted by atomic mass is 10.2. The van der Waals surface area contributed by atoms with Gasteiger partial charge in [-0.25, -0.2) is 9.48 Å². The maximum atomic E-state index is 12.9. The van der Waals surface area contributed by atoms with Crippen molar-refractivity contribution in [2.45, 2.75) is 24.8 Å². The highest BCUT2D eigenvalue weighted by atomic mass is 35.5. The molecule has 162 valence electrons. The fourth-order valence-electron chi connectivity index (χ4n) is 3.00. The normalized spacial score (nSPS) is 11.8. The van der Waals surface area contributed by atoms with Crippen LogP contribution < -0.4 is 10.9 Å². The predicted octanol–water partition coefficient (Wildman–Crippen LogP) is 4.04. The molecule has 0 aliphatic heterocycles. The molecule has 1 atom stereocenters.